The zero-order valence-corrected chi connectivity index (χ0v) is 20.0. The fraction of sp³-hybridized carbons (Fsp3) is 0.286. The van der Waals surface area contributed by atoms with E-state index in [0.717, 1.165) is 24.1 Å². The Morgan fingerprint density at radius 1 is 1.34 bits per heavy atom. The summed E-state index contributed by atoms with van der Waals surface area (Å²) in [5.41, 5.74) is 4.30. The second-order valence-corrected chi connectivity index (χ2v) is 10.8. The van der Waals surface area contributed by atoms with Gasteiger partial charge in [-0.25, -0.2) is 14.8 Å². The molecule has 2 N–H and O–H groups in total. The minimum atomic E-state index is -1.33. The van der Waals surface area contributed by atoms with E-state index in [1.54, 1.807) is 34.9 Å². The van der Waals surface area contributed by atoms with Crippen LogP contribution in [0.4, 0.5) is 0 Å². The Labute approximate surface area is 198 Å². The number of fused-ring (bicyclic) bond motifs is 1. The average molecular weight is 535 g/mol. The molecule has 8 nitrogen and oxygen atoms in total. The lowest BCUT2D eigenvalue weighted by Gasteiger charge is -2.12. The van der Waals surface area contributed by atoms with Crippen LogP contribution in [-0.2, 0) is 28.9 Å². The molecule has 11 heteroatoms. The van der Waals surface area contributed by atoms with Crippen molar-refractivity contribution in [2.75, 3.05) is 0 Å². The number of carbonyl (C=O) groups is 1. The molecule has 4 aromatic rings. The van der Waals surface area contributed by atoms with Crippen LogP contribution in [-0.4, -0.2) is 39.5 Å². The molecule has 0 spiro atoms. The summed E-state index contributed by atoms with van der Waals surface area (Å²) in [4.78, 5) is 20.8. The number of carboxylic acid groups (broad SMARTS) is 1. The van der Waals surface area contributed by atoms with E-state index < -0.39 is 16.8 Å². The first-order chi connectivity index (χ1) is 15.4. The van der Waals surface area contributed by atoms with Crippen LogP contribution < -0.4 is 0 Å². The van der Waals surface area contributed by atoms with Crippen molar-refractivity contribution in [1.82, 2.24) is 19.1 Å². The normalized spacial score (nSPS) is 14.8. The maximum absolute atomic E-state index is 13.0. The Balaban J connectivity index is 1.70. The number of rotatable bonds is 8. The number of thiazole rings is 1. The Kier molecular flexibility index (Phi) is 5.64. The summed E-state index contributed by atoms with van der Waals surface area (Å²) in [5, 5.41) is 23.4. The molecule has 0 saturated heterocycles. The Morgan fingerprint density at radius 2 is 2.16 bits per heavy atom. The smallest absolute Gasteiger partial charge is 0.338 e. The number of phenolic OH excluding ortho intramolecular Hbond substituents is 1. The number of benzene rings is 1. The van der Waals surface area contributed by atoms with Crippen molar-refractivity contribution < 1.29 is 19.2 Å². The summed E-state index contributed by atoms with van der Waals surface area (Å²) >= 11 is 4.87. The highest BCUT2D eigenvalue weighted by Crippen LogP contribution is 2.46. The molecule has 1 atom stereocenters. The Hall–Kier alpha value is -2.50. The summed E-state index contributed by atoms with van der Waals surface area (Å²) < 4.78 is 17.3. The second-order valence-electron chi connectivity index (χ2n) is 7.75. The number of phenols is 1. The van der Waals surface area contributed by atoms with Gasteiger partial charge in [0.1, 0.15) is 5.75 Å². The van der Waals surface area contributed by atoms with Crippen molar-refractivity contribution in [3.63, 3.8) is 0 Å². The van der Waals surface area contributed by atoms with E-state index in [2.05, 4.69) is 25.9 Å². The standard InChI is InChI=1S/C21H19BrN4O4S2/c22-15-5-16-18(14(20(15)27)6-25-4-3-23-10-25)19(21(28)29)17(26(16)13-1-2-13)9-32(30)8-12-7-31-11-24-12/h3-5,7,10-11,13,27H,1-2,6,8-9H2,(H,28,29). The van der Waals surface area contributed by atoms with Gasteiger partial charge in [0.15, 0.2) is 0 Å². The third kappa shape index (κ3) is 3.89. The maximum Gasteiger partial charge on any atom is 0.338 e. The van der Waals surface area contributed by atoms with Gasteiger partial charge in [-0.2, -0.15) is 0 Å². The van der Waals surface area contributed by atoms with Crippen molar-refractivity contribution in [2.24, 2.45) is 0 Å². The number of aromatic hydroxyl groups is 1. The van der Waals surface area contributed by atoms with E-state index in [9.17, 15) is 19.2 Å². The molecule has 0 bridgehead atoms. The topological polar surface area (TPSA) is 110 Å². The number of aromatic carboxylic acids is 1. The lowest BCUT2D eigenvalue weighted by atomic mass is 10.0. The van der Waals surface area contributed by atoms with Gasteiger partial charge in [0, 0.05) is 51.3 Å². The van der Waals surface area contributed by atoms with E-state index in [4.69, 9.17) is 0 Å². The summed E-state index contributed by atoms with van der Waals surface area (Å²) in [6.07, 6.45) is 6.88. The largest absolute Gasteiger partial charge is 0.506 e. The number of nitrogens with zero attached hydrogens (tertiary/aromatic N) is 4. The monoisotopic (exact) mass is 534 g/mol. The van der Waals surface area contributed by atoms with Crippen LogP contribution in [0.5, 0.6) is 5.75 Å². The number of halogens is 1. The van der Waals surface area contributed by atoms with Gasteiger partial charge in [0.25, 0.3) is 0 Å². The third-order valence-electron chi connectivity index (χ3n) is 5.54. The minimum absolute atomic E-state index is 0.00297. The fourth-order valence-corrected chi connectivity index (χ4v) is 6.37. The fourth-order valence-electron chi connectivity index (χ4n) is 4.07. The molecule has 1 aliphatic carbocycles. The maximum atomic E-state index is 13.0. The highest BCUT2D eigenvalue weighted by atomic mass is 79.9. The second kappa shape index (κ2) is 8.45. The molecule has 0 amide bonds. The van der Waals surface area contributed by atoms with Gasteiger partial charge in [0.2, 0.25) is 0 Å². The van der Waals surface area contributed by atoms with E-state index in [1.165, 1.54) is 11.3 Å². The molecular weight excluding hydrogens is 516 g/mol. The number of aromatic nitrogens is 4. The molecule has 3 aromatic heterocycles. The van der Waals surface area contributed by atoms with Gasteiger partial charge in [0.05, 0.1) is 51.1 Å². The molecule has 1 fully saturated rings. The van der Waals surface area contributed by atoms with Gasteiger partial charge in [-0.15, -0.1) is 11.3 Å². The quantitative estimate of drug-likeness (QED) is 0.348. The summed E-state index contributed by atoms with van der Waals surface area (Å²) in [6, 6.07) is 1.93. The number of imidazole rings is 1. The van der Waals surface area contributed by atoms with Crippen molar-refractivity contribution in [1.29, 1.82) is 0 Å². The van der Waals surface area contributed by atoms with Crippen LogP contribution in [0.1, 0.15) is 46.2 Å². The van der Waals surface area contributed by atoms with Gasteiger partial charge in [-0.1, -0.05) is 0 Å². The molecule has 1 saturated carbocycles. The van der Waals surface area contributed by atoms with Crippen LogP contribution in [0.2, 0.25) is 0 Å². The molecule has 0 aliphatic heterocycles. The zero-order valence-electron chi connectivity index (χ0n) is 16.8. The molecule has 1 aromatic carbocycles. The summed E-state index contributed by atoms with van der Waals surface area (Å²) in [7, 11) is -1.33. The van der Waals surface area contributed by atoms with Crippen molar-refractivity contribution in [3.8, 4) is 5.75 Å². The van der Waals surface area contributed by atoms with Crippen LogP contribution in [0.25, 0.3) is 10.9 Å². The van der Waals surface area contributed by atoms with Crippen LogP contribution in [0, 0.1) is 0 Å². The van der Waals surface area contributed by atoms with Crippen molar-refractivity contribution >= 4 is 54.9 Å². The zero-order chi connectivity index (χ0) is 22.4. The molecule has 5 rings (SSSR count). The first-order valence-corrected chi connectivity index (χ1v) is 13.1. The predicted octanol–water partition coefficient (Wildman–Crippen LogP) is 4.29. The Morgan fingerprint density at radius 3 is 2.78 bits per heavy atom. The molecule has 0 radical (unpaired) electrons. The molecular formula is C21H19BrN4O4S2. The summed E-state index contributed by atoms with van der Waals surface area (Å²) in [5.74, 6) is -0.723. The average Bonchev–Trinajstić information content (AvgIpc) is 3.13. The van der Waals surface area contributed by atoms with Crippen LogP contribution in [0.3, 0.4) is 0 Å². The van der Waals surface area contributed by atoms with Gasteiger partial charge >= 0.3 is 5.97 Å². The molecule has 166 valence electrons. The molecule has 32 heavy (non-hydrogen) atoms. The Bertz CT molecular complexity index is 1330. The molecule has 1 unspecified atom stereocenters. The summed E-state index contributed by atoms with van der Waals surface area (Å²) in [6.45, 7) is 0.262. The highest BCUT2D eigenvalue weighted by Gasteiger charge is 2.34. The van der Waals surface area contributed by atoms with Crippen LogP contribution in [0.15, 0.2) is 40.2 Å². The lowest BCUT2D eigenvalue weighted by molar-refractivity contribution is 0.0698. The van der Waals surface area contributed by atoms with Gasteiger partial charge in [-0.05, 0) is 34.8 Å². The van der Waals surface area contributed by atoms with E-state index in [-0.39, 0.29) is 35.4 Å². The van der Waals surface area contributed by atoms with E-state index in [1.807, 2.05) is 9.95 Å². The number of hydrogen-bond acceptors (Lipinski definition) is 6. The van der Waals surface area contributed by atoms with Gasteiger partial charge < -0.3 is 19.3 Å². The van der Waals surface area contributed by atoms with Crippen LogP contribution >= 0.6 is 27.3 Å². The third-order valence-corrected chi connectivity index (χ3v) is 7.99. The molecule has 3 heterocycles. The highest BCUT2D eigenvalue weighted by molar-refractivity contribution is 9.10. The van der Waals surface area contributed by atoms with E-state index >= 15 is 0 Å². The number of carboxylic acids is 1. The first-order valence-electron chi connectivity index (χ1n) is 9.92. The predicted molar refractivity (Wildman–Crippen MR) is 126 cm³/mol. The lowest BCUT2D eigenvalue weighted by Crippen LogP contribution is -2.10. The first kappa shape index (κ1) is 21.4. The van der Waals surface area contributed by atoms with Gasteiger partial charge in [-0.3, -0.25) is 4.21 Å². The molecule has 1 aliphatic rings. The van der Waals surface area contributed by atoms with Crippen molar-refractivity contribution in [2.45, 2.75) is 36.9 Å². The van der Waals surface area contributed by atoms with Crippen molar-refractivity contribution in [3.05, 3.63) is 62.7 Å². The van der Waals surface area contributed by atoms with E-state index in [0.29, 0.717) is 21.1 Å². The number of hydrogen-bond donors (Lipinski definition) is 2. The minimum Gasteiger partial charge on any atom is -0.506 e. The SMILES string of the molecule is O=C(O)c1c(CS(=O)Cc2cscn2)n(C2CC2)c2cc(Br)c(O)c(Cn3ccnc3)c12.